The molecule has 0 atom stereocenters. The highest BCUT2D eigenvalue weighted by molar-refractivity contribution is 6.63. The Labute approximate surface area is 125 Å². The molecule has 4 nitrogen and oxygen atoms in total. The lowest BCUT2D eigenvalue weighted by molar-refractivity contribution is 0.00578. The van der Waals surface area contributed by atoms with Crippen LogP contribution in [0.5, 0.6) is 5.75 Å². The molecule has 0 aliphatic carbocycles. The number of hydrogen-bond donors (Lipinski definition) is 0. The SMILES string of the molecule is COc1cc2ccncc2cc1B1OC(C)(C)C(C)(C)O1. The molecule has 2 aromatic rings. The quantitative estimate of drug-likeness (QED) is 0.795. The fraction of sp³-hybridized carbons (Fsp3) is 0.438. The zero-order valence-electron chi connectivity index (χ0n) is 13.1. The number of ether oxygens (including phenoxy) is 1. The molecule has 1 saturated heterocycles. The van der Waals surface area contributed by atoms with Gasteiger partial charge in [0.2, 0.25) is 0 Å². The second kappa shape index (κ2) is 4.72. The van der Waals surface area contributed by atoms with E-state index in [0.29, 0.717) is 0 Å². The monoisotopic (exact) mass is 285 g/mol. The van der Waals surface area contributed by atoms with Crippen molar-refractivity contribution < 1.29 is 14.0 Å². The Morgan fingerprint density at radius 1 is 1.05 bits per heavy atom. The molecule has 1 aliphatic heterocycles. The van der Waals surface area contributed by atoms with Crippen LogP contribution in [0.15, 0.2) is 30.6 Å². The molecule has 110 valence electrons. The van der Waals surface area contributed by atoms with E-state index in [2.05, 4.69) is 4.98 Å². The Bertz CT molecular complexity index is 668. The second-order valence-electron chi connectivity index (χ2n) is 6.41. The normalized spacial score (nSPS) is 20.0. The Kier molecular flexibility index (Phi) is 3.22. The zero-order chi connectivity index (χ0) is 15.3. The molecule has 0 spiro atoms. The first-order chi connectivity index (χ1) is 9.84. The van der Waals surface area contributed by atoms with Gasteiger partial charge in [-0.05, 0) is 56.7 Å². The van der Waals surface area contributed by atoms with Crippen molar-refractivity contribution in [3.63, 3.8) is 0 Å². The molecule has 0 bridgehead atoms. The highest BCUT2D eigenvalue weighted by Crippen LogP contribution is 2.37. The van der Waals surface area contributed by atoms with Gasteiger partial charge in [-0.3, -0.25) is 4.98 Å². The van der Waals surface area contributed by atoms with Gasteiger partial charge in [0.15, 0.2) is 0 Å². The van der Waals surface area contributed by atoms with Crippen molar-refractivity contribution in [2.24, 2.45) is 0 Å². The summed E-state index contributed by atoms with van der Waals surface area (Å²) in [7, 11) is 1.23. The molecule has 21 heavy (non-hydrogen) atoms. The van der Waals surface area contributed by atoms with Gasteiger partial charge in [0.1, 0.15) is 5.75 Å². The molecule has 1 aliphatic rings. The van der Waals surface area contributed by atoms with Crippen LogP contribution in [-0.2, 0) is 9.31 Å². The largest absolute Gasteiger partial charge is 0.498 e. The molecule has 1 aromatic carbocycles. The summed E-state index contributed by atoms with van der Waals surface area (Å²) in [5.74, 6) is 0.771. The van der Waals surface area contributed by atoms with Crippen molar-refractivity contribution in [2.75, 3.05) is 7.11 Å². The minimum Gasteiger partial charge on any atom is -0.497 e. The Morgan fingerprint density at radius 3 is 2.33 bits per heavy atom. The average molecular weight is 285 g/mol. The summed E-state index contributed by atoms with van der Waals surface area (Å²) >= 11 is 0. The van der Waals surface area contributed by atoms with Crippen LogP contribution in [0.4, 0.5) is 0 Å². The van der Waals surface area contributed by atoms with Crippen LogP contribution >= 0.6 is 0 Å². The Balaban J connectivity index is 2.08. The van der Waals surface area contributed by atoms with Gasteiger partial charge in [-0.15, -0.1) is 0 Å². The van der Waals surface area contributed by atoms with E-state index in [4.69, 9.17) is 14.0 Å². The third kappa shape index (κ3) is 2.30. The number of hydrogen-bond acceptors (Lipinski definition) is 4. The number of pyridine rings is 1. The molecular formula is C16H20BNO3. The van der Waals surface area contributed by atoms with Gasteiger partial charge in [-0.25, -0.2) is 0 Å². The molecule has 3 rings (SSSR count). The third-order valence-corrected chi connectivity index (χ3v) is 4.50. The highest BCUT2D eigenvalue weighted by atomic mass is 16.7. The number of benzene rings is 1. The summed E-state index contributed by atoms with van der Waals surface area (Å²) in [4.78, 5) is 4.17. The lowest BCUT2D eigenvalue weighted by Gasteiger charge is -2.32. The number of methoxy groups -OCH3 is 1. The van der Waals surface area contributed by atoms with Crippen LogP contribution in [0.3, 0.4) is 0 Å². The van der Waals surface area contributed by atoms with Crippen LogP contribution in [0.1, 0.15) is 27.7 Å². The first kappa shape index (κ1) is 14.4. The maximum absolute atomic E-state index is 6.12. The standard InChI is InChI=1S/C16H20BNO3/c1-15(2)16(3,4)21-17(20-15)13-8-12-10-18-7-6-11(12)9-14(13)19-5/h6-10H,1-5H3. The van der Waals surface area contributed by atoms with Crippen LogP contribution < -0.4 is 10.2 Å². The summed E-state index contributed by atoms with van der Waals surface area (Å²) in [6.45, 7) is 8.17. The lowest BCUT2D eigenvalue weighted by atomic mass is 9.77. The maximum atomic E-state index is 6.12. The minimum absolute atomic E-state index is 0.368. The van der Waals surface area contributed by atoms with Crippen molar-refractivity contribution in [2.45, 2.75) is 38.9 Å². The van der Waals surface area contributed by atoms with E-state index in [1.54, 1.807) is 13.3 Å². The van der Waals surface area contributed by atoms with Crippen LogP contribution in [0, 0.1) is 0 Å². The number of rotatable bonds is 2. The van der Waals surface area contributed by atoms with Gasteiger partial charge in [0.25, 0.3) is 0 Å². The predicted molar refractivity (Wildman–Crippen MR) is 84.0 cm³/mol. The van der Waals surface area contributed by atoms with Gasteiger partial charge in [-0.2, -0.15) is 0 Å². The van der Waals surface area contributed by atoms with E-state index in [1.807, 2.05) is 52.1 Å². The van der Waals surface area contributed by atoms with E-state index < -0.39 is 7.12 Å². The summed E-state index contributed by atoms with van der Waals surface area (Å²) in [6.07, 6.45) is 3.61. The Morgan fingerprint density at radius 2 is 1.71 bits per heavy atom. The van der Waals surface area contributed by atoms with Crippen molar-refractivity contribution >= 4 is 23.4 Å². The van der Waals surface area contributed by atoms with E-state index in [1.165, 1.54) is 0 Å². The number of aromatic nitrogens is 1. The summed E-state index contributed by atoms with van der Waals surface area (Å²) in [5.41, 5.74) is 0.163. The molecule has 0 amide bonds. The fourth-order valence-corrected chi connectivity index (χ4v) is 2.46. The second-order valence-corrected chi connectivity index (χ2v) is 6.41. The van der Waals surface area contributed by atoms with Crippen LogP contribution in [0.2, 0.25) is 0 Å². The molecular weight excluding hydrogens is 265 g/mol. The Hall–Kier alpha value is -1.59. The van der Waals surface area contributed by atoms with Crippen molar-refractivity contribution in [1.29, 1.82) is 0 Å². The number of nitrogens with zero attached hydrogens (tertiary/aromatic N) is 1. The van der Waals surface area contributed by atoms with E-state index in [9.17, 15) is 0 Å². The van der Waals surface area contributed by atoms with Crippen molar-refractivity contribution in [3.05, 3.63) is 30.6 Å². The topological polar surface area (TPSA) is 40.6 Å². The summed E-state index contributed by atoms with van der Waals surface area (Å²) < 4.78 is 17.8. The molecule has 5 heteroatoms. The molecule has 0 saturated carbocycles. The van der Waals surface area contributed by atoms with E-state index in [-0.39, 0.29) is 11.2 Å². The molecule has 0 radical (unpaired) electrons. The van der Waals surface area contributed by atoms with Gasteiger partial charge in [0, 0.05) is 17.9 Å². The minimum atomic E-state index is -0.436. The average Bonchev–Trinajstić information content (AvgIpc) is 2.66. The third-order valence-electron chi connectivity index (χ3n) is 4.50. The molecule has 1 aromatic heterocycles. The lowest BCUT2D eigenvalue weighted by Crippen LogP contribution is -2.41. The highest BCUT2D eigenvalue weighted by Gasteiger charge is 2.52. The van der Waals surface area contributed by atoms with Crippen molar-refractivity contribution in [3.8, 4) is 5.75 Å². The van der Waals surface area contributed by atoms with Gasteiger partial charge in [-0.1, -0.05) is 0 Å². The first-order valence-corrected chi connectivity index (χ1v) is 7.11. The summed E-state index contributed by atoms with van der Waals surface area (Å²) in [5, 5.41) is 2.13. The molecule has 0 unspecified atom stereocenters. The first-order valence-electron chi connectivity index (χ1n) is 7.11. The van der Waals surface area contributed by atoms with Gasteiger partial charge in [0.05, 0.1) is 18.3 Å². The maximum Gasteiger partial charge on any atom is 0.498 e. The molecule has 2 heterocycles. The predicted octanol–water partition coefficient (Wildman–Crippen LogP) is 2.54. The zero-order valence-corrected chi connectivity index (χ0v) is 13.1. The van der Waals surface area contributed by atoms with Crippen LogP contribution in [-0.4, -0.2) is 30.4 Å². The molecule has 1 fully saturated rings. The fourth-order valence-electron chi connectivity index (χ4n) is 2.46. The van der Waals surface area contributed by atoms with E-state index in [0.717, 1.165) is 22.0 Å². The number of fused-ring (bicyclic) bond motifs is 1. The molecule has 0 N–H and O–H groups in total. The van der Waals surface area contributed by atoms with Crippen molar-refractivity contribution in [1.82, 2.24) is 4.98 Å². The van der Waals surface area contributed by atoms with E-state index >= 15 is 0 Å². The van der Waals surface area contributed by atoms with Gasteiger partial charge >= 0.3 is 7.12 Å². The smallest absolute Gasteiger partial charge is 0.497 e. The van der Waals surface area contributed by atoms with Gasteiger partial charge < -0.3 is 14.0 Å². The summed E-state index contributed by atoms with van der Waals surface area (Å²) in [6, 6.07) is 5.99. The van der Waals surface area contributed by atoms with Crippen LogP contribution in [0.25, 0.3) is 10.8 Å².